The van der Waals surface area contributed by atoms with Gasteiger partial charge in [-0.1, -0.05) is 49.4 Å². The molecular formula is C19H19NO3. The number of fused-ring (bicyclic) bond motifs is 1. The SMILES string of the molecule is CCc1ccc([C@H](CC(=O)O)N2Cc3ccccc3C2=O)cc1. The Hall–Kier alpha value is -2.62. The number of carboxylic acids is 1. The standard InChI is InChI=1S/C19H19NO3/c1-2-13-7-9-14(10-8-13)17(11-18(21)22)20-12-15-5-3-4-6-16(15)19(20)23/h3-10,17H,2,11-12H2,1H3,(H,21,22)/t17-/m0/s1. The summed E-state index contributed by atoms with van der Waals surface area (Å²) in [6.07, 6.45) is 0.836. The van der Waals surface area contributed by atoms with Crippen molar-refractivity contribution in [2.45, 2.75) is 32.4 Å². The minimum absolute atomic E-state index is 0.0913. The average molecular weight is 309 g/mol. The van der Waals surface area contributed by atoms with Crippen LogP contribution in [0.1, 0.15) is 46.4 Å². The van der Waals surface area contributed by atoms with Crippen LogP contribution >= 0.6 is 0 Å². The molecule has 4 heteroatoms. The van der Waals surface area contributed by atoms with Gasteiger partial charge in [-0.15, -0.1) is 0 Å². The van der Waals surface area contributed by atoms with E-state index in [0.717, 1.165) is 17.5 Å². The van der Waals surface area contributed by atoms with E-state index in [2.05, 4.69) is 6.92 Å². The fraction of sp³-hybridized carbons (Fsp3) is 0.263. The lowest BCUT2D eigenvalue weighted by Gasteiger charge is -2.27. The number of amides is 1. The molecule has 1 N–H and O–H groups in total. The third-order valence-electron chi connectivity index (χ3n) is 4.37. The minimum Gasteiger partial charge on any atom is -0.481 e. The topological polar surface area (TPSA) is 57.6 Å². The number of benzene rings is 2. The second-order valence-corrected chi connectivity index (χ2v) is 5.80. The third kappa shape index (κ3) is 2.97. The van der Waals surface area contributed by atoms with E-state index in [1.165, 1.54) is 5.56 Å². The zero-order chi connectivity index (χ0) is 16.4. The van der Waals surface area contributed by atoms with Crippen LogP contribution in [0.4, 0.5) is 0 Å². The highest BCUT2D eigenvalue weighted by Gasteiger charge is 2.34. The number of carbonyl (C=O) groups excluding carboxylic acids is 1. The first-order valence-electron chi connectivity index (χ1n) is 7.79. The van der Waals surface area contributed by atoms with E-state index in [4.69, 9.17) is 0 Å². The lowest BCUT2D eigenvalue weighted by Crippen LogP contribution is -2.30. The number of aryl methyl sites for hydroxylation is 1. The highest BCUT2D eigenvalue weighted by atomic mass is 16.4. The molecule has 23 heavy (non-hydrogen) atoms. The van der Waals surface area contributed by atoms with Gasteiger partial charge in [-0.25, -0.2) is 0 Å². The molecule has 118 valence electrons. The smallest absolute Gasteiger partial charge is 0.305 e. The van der Waals surface area contributed by atoms with Gasteiger partial charge in [0.25, 0.3) is 5.91 Å². The summed E-state index contributed by atoms with van der Waals surface area (Å²) in [6, 6.07) is 14.9. The molecule has 2 aromatic carbocycles. The van der Waals surface area contributed by atoms with Gasteiger partial charge in [0.15, 0.2) is 0 Å². The molecule has 0 aliphatic carbocycles. The Kier molecular flexibility index (Phi) is 4.15. The molecule has 2 aromatic rings. The molecule has 0 saturated carbocycles. The van der Waals surface area contributed by atoms with Crippen LogP contribution in [0.2, 0.25) is 0 Å². The molecule has 4 nitrogen and oxygen atoms in total. The molecule has 0 unspecified atom stereocenters. The molecule has 1 atom stereocenters. The first-order valence-corrected chi connectivity index (χ1v) is 7.79. The van der Waals surface area contributed by atoms with Crippen molar-refractivity contribution in [1.29, 1.82) is 0 Å². The predicted octanol–water partition coefficient (Wildman–Crippen LogP) is 3.42. The average Bonchev–Trinajstić information content (AvgIpc) is 2.90. The molecule has 0 fully saturated rings. The molecule has 1 aliphatic rings. The van der Waals surface area contributed by atoms with Crippen molar-refractivity contribution < 1.29 is 14.7 Å². The Morgan fingerprint density at radius 2 is 1.87 bits per heavy atom. The molecule has 1 amide bonds. The van der Waals surface area contributed by atoms with Gasteiger partial charge >= 0.3 is 5.97 Å². The zero-order valence-corrected chi connectivity index (χ0v) is 13.0. The maximum Gasteiger partial charge on any atom is 0.305 e. The molecule has 0 bridgehead atoms. The Morgan fingerprint density at radius 3 is 2.48 bits per heavy atom. The van der Waals surface area contributed by atoms with Crippen LogP contribution in [0.25, 0.3) is 0 Å². The fourth-order valence-corrected chi connectivity index (χ4v) is 3.08. The van der Waals surface area contributed by atoms with Crippen molar-refractivity contribution >= 4 is 11.9 Å². The number of hydrogen-bond acceptors (Lipinski definition) is 2. The Balaban J connectivity index is 1.94. The number of nitrogens with zero attached hydrogens (tertiary/aromatic N) is 1. The van der Waals surface area contributed by atoms with Crippen LogP contribution < -0.4 is 0 Å². The quantitative estimate of drug-likeness (QED) is 0.920. The van der Waals surface area contributed by atoms with Crippen LogP contribution in [-0.2, 0) is 17.8 Å². The summed E-state index contributed by atoms with van der Waals surface area (Å²) >= 11 is 0. The van der Waals surface area contributed by atoms with Crippen LogP contribution in [0.5, 0.6) is 0 Å². The van der Waals surface area contributed by atoms with E-state index in [1.807, 2.05) is 42.5 Å². The second kappa shape index (κ2) is 6.24. The van der Waals surface area contributed by atoms with E-state index >= 15 is 0 Å². The Labute approximate surface area is 135 Å². The van der Waals surface area contributed by atoms with Crippen LogP contribution in [-0.4, -0.2) is 21.9 Å². The summed E-state index contributed by atoms with van der Waals surface area (Å²) in [5, 5.41) is 9.27. The van der Waals surface area contributed by atoms with Crippen molar-refractivity contribution in [3.05, 3.63) is 70.8 Å². The van der Waals surface area contributed by atoms with Crippen molar-refractivity contribution in [2.24, 2.45) is 0 Å². The molecule has 1 aliphatic heterocycles. The lowest BCUT2D eigenvalue weighted by molar-refractivity contribution is -0.138. The van der Waals surface area contributed by atoms with Crippen LogP contribution in [0.3, 0.4) is 0 Å². The Bertz CT molecular complexity index is 737. The van der Waals surface area contributed by atoms with Gasteiger partial charge in [-0.2, -0.15) is 0 Å². The van der Waals surface area contributed by atoms with Gasteiger partial charge < -0.3 is 10.0 Å². The van der Waals surface area contributed by atoms with Crippen molar-refractivity contribution in [2.75, 3.05) is 0 Å². The van der Waals surface area contributed by atoms with E-state index in [1.54, 1.807) is 11.0 Å². The summed E-state index contributed by atoms with van der Waals surface area (Å²) in [7, 11) is 0. The summed E-state index contributed by atoms with van der Waals surface area (Å²) in [5.41, 5.74) is 3.69. The maximum atomic E-state index is 12.6. The van der Waals surface area contributed by atoms with E-state index in [0.29, 0.717) is 12.1 Å². The van der Waals surface area contributed by atoms with Crippen molar-refractivity contribution in [3.63, 3.8) is 0 Å². The number of rotatable bonds is 5. The van der Waals surface area contributed by atoms with E-state index < -0.39 is 12.0 Å². The Morgan fingerprint density at radius 1 is 1.17 bits per heavy atom. The van der Waals surface area contributed by atoms with Crippen LogP contribution in [0.15, 0.2) is 48.5 Å². The summed E-state index contributed by atoms with van der Waals surface area (Å²) in [5.74, 6) is -0.996. The number of aliphatic carboxylic acids is 1. The molecule has 1 heterocycles. The van der Waals surface area contributed by atoms with Crippen molar-refractivity contribution in [1.82, 2.24) is 4.90 Å². The normalized spacial score (nSPS) is 14.7. The minimum atomic E-state index is -0.904. The van der Waals surface area contributed by atoms with Gasteiger partial charge in [-0.3, -0.25) is 9.59 Å². The summed E-state index contributed by atoms with van der Waals surface area (Å²) in [6.45, 7) is 2.53. The molecule has 0 saturated heterocycles. The summed E-state index contributed by atoms with van der Waals surface area (Å²) < 4.78 is 0. The highest BCUT2D eigenvalue weighted by Crippen LogP contribution is 2.33. The van der Waals surface area contributed by atoms with Crippen LogP contribution in [0, 0.1) is 0 Å². The van der Waals surface area contributed by atoms with Gasteiger partial charge in [0.2, 0.25) is 0 Å². The highest BCUT2D eigenvalue weighted by molar-refractivity contribution is 5.98. The second-order valence-electron chi connectivity index (χ2n) is 5.80. The van der Waals surface area contributed by atoms with E-state index in [-0.39, 0.29) is 12.3 Å². The van der Waals surface area contributed by atoms with Gasteiger partial charge in [0.1, 0.15) is 0 Å². The lowest BCUT2D eigenvalue weighted by atomic mass is 10.00. The summed E-state index contributed by atoms with van der Waals surface area (Å²) in [4.78, 5) is 25.6. The molecule has 0 aromatic heterocycles. The molecule has 0 radical (unpaired) electrons. The molecular weight excluding hydrogens is 290 g/mol. The van der Waals surface area contributed by atoms with Gasteiger partial charge in [0.05, 0.1) is 12.5 Å². The monoisotopic (exact) mass is 309 g/mol. The largest absolute Gasteiger partial charge is 0.481 e. The molecule has 0 spiro atoms. The van der Waals surface area contributed by atoms with Gasteiger partial charge in [0, 0.05) is 12.1 Å². The fourth-order valence-electron chi connectivity index (χ4n) is 3.08. The maximum absolute atomic E-state index is 12.6. The number of hydrogen-bond donors (Lipinski definition) is 1. The number of carbonyl (C=O) groups is 2. The first kappa shape index (κ1) is 15.3. The predicted molar refractivity (Wildman–Crippen MR) is 87.1 cm³/mol. The first-order chi connectivity index (χ1) is 11.1. The molecule has 3 rings (SSSR count). The van der Waals surface area contributed by atoms with E-state index in [9.17, 15) is 14.7 Å². The van der Waals surface area contributed by atoms with Crippen molar-refractivity contribution in [3.8, 4) is 0 Å². The third-order valence-corrected chi connectivity index (χ3v) is 4.37. The van der Waals surface area contributed by atoms with Gasteiger partial charge in [-0.05, 0) is 29.2 Å². The zero-order valence-electron chi connectivity index (χ0n) is 13.0. The number of carboxylic acid groups (broad SMARTS) is 1.